The Hall–Kier alpha value is -0.400. The summed E-state index contributed by atoms with van der Waals surface area (Å²) >= 11 is 5.36. The molecule has 2 atom stereocenters. The monoisotopic (exact) mass is 292 g/mol. The average molecular weight is 292 g/mol. The lowest BCUT2D eigenvalue weighted by atomic mass is 10.2. The molecule has 5 nitrogen and oxygen atoms in total. The molecule has 2 rings (SSSR count). The summed E-state index contributed by atoms with van der Waals surface area (Å²) in [5, 5.41) is 3.79. The third-order valence-electron chi connectivity index (χ3n) is 3.46. The van der Waals surface area contributed by atoms with Gasteiger partial charge in [0.2, 0.25) is 0 Å². The Bertz CT molecular complexity index is 405. The van der Waals surface area contributed by atoms with Crippen LogP contribution in [0.4, 0.5) is 0 Å². The molecule has 0 saturated carbocycles. The summed E-state index contributed by atoms with van der Waals surface area (Å²) in [6.07, 6.45) is 2.67. The second-order valence-electron chi connectivity index (χ2n) is 4.79. The molecule has 2 saturated heterocycles. The first kappa shape index (κ1) is 14.0. The topological polar surface area (TPSA) is 58.6 Å². The van der Waals surface area contributed by atoms with Crippen LogP contribution in [0.2, 0.25) is 0 Å². The van der Waals surface area contributed by atoms with Crippen molar-refractivity contribution < 1.29 is 13.2 Å². The molecule has 0 aromatic heterocycles. The van der Waals surface area contributed by atoms with Crippen LogP contribution in [0, 0.1) is 0 Å². The molecule has 2 aliphatic heterocycles. The standard InChI is InChI=1S/C11H20N2O3S2/c1-2-13(9-5-7-18(14,15)8-9)11(17)12-10-4-3-6-16-10/h9-10H,2-8H2,1H3,(H,12,17). The maximum absolute atomic E-state index is 11.5. The van der Waals surface area contributed by atoms with E-state index in [-0.39, 0.29) is 23.8 Å². The van der Waals surface area contributed by atoms with Gasteiger partial charge in [0.1, 0.15) is 6.23 Å². The second kappa shape index (κ2) is 5.71. The van der Waals surface area contributed by atoms with E-state index in [1.807, 2.05) is 11.8 Å². The molecular weight excluding hydrogens is 272 g/mol. The molecule has 0 radical (unpaired) electrons. The first-order chi connectivity index (χ1) is 8.52. The Labute approximate surface area is 114 Å². The van der Waals surface area contributed by atoms with Gasteiger partial charge in [-0.15, -0.1) is 0 Å². The lowest BCUT2D eigenvalue weighted by Crippen LogP contribution is -2.49. The molecule has 2 unspecified atom stereocenters. The Morgan fingerprint density at radius 1 is 1.50 bits per heavy atom. The minimum absolute atomic E-state index is 0.00967. The van der Waals surface area contributed by atoms with E-state index in [0.717, 1.165) is 26.0 Å². The van der Waals surface area contributed by atoms with E-state index in [1.54, 1.807) is 0 Å². The molecule has 7 heteroatoms. The number of thiocarbonyl (C=S) groups is 1. The maximum atomic E-state index is 11.5. The van der Waals surface area contributed by atoms with E-state index in [4.69, 9.17) is 17.0 Å². The summed E-state index contributed by atoms with van der Waals surface area (Å²) < 4.78 is 28.5. The van der Waals surface area contributed by atoms with Gasteiger partial charge in [0.15, 0.2) is 14.9 Å². The largest absolute Gasteiger partial charge is 0.359 e. The number of ether oxygens (including phenoxy) is 1. The van der Waals surface area contributed by atoms with Gasteiger partial charge in [0, 0.05) is 19.2 Å². The third kappa shape index (κ3) is 3.33. The highest BCUT2D eigenvalue weighted by atomic mass is 32.2. The summed E-state index contributed by atoms with van der Waals surface area (Å²) in [6.45, 7) is 3.48. The van der Waals surface area contributed by atoms with Gasteiger partial charge in [0.05, 0.1) is 11.5 Å². The summed E-state index contributed by atoms with van der Waals surface area (Å²) in [4.78, 5) is 1.97. The van der Waals surface area contributed by atoms with E-state index in [9.17, 15) is 8.42 Å². The average Bonchev–Trinajstić information content (AvgIpc) is 2.89. The van der Waals surface area contributed by atoms with Gasteiger partial charge >= 0.3 is 0 Å². The minimum atomic E-state index is -2.87. The lowest BCUT2D eigenvalue weighted by molar-refractivity contribution is 0.0968. The molecule has 2 fully saturated rings. The van der Waals surface area contributed by atoms with Gasteiger partial charge in [-0.2, -0.15) is 0 Å². The van der Waals surface area contributed by atoms with E-state index in [2.05, 4.69) is 5.32 Å². The molecule has 0 aromatic rings. The van der Waals surface area contributed by atoms with Gasteiger partial charge in [-0.05, 0) is 38.4 Å². The van der Waals surface area contributed by atoms with Crippen molar-refractivity contribution in [2.75, 3.05) is 24.7 Å². The predicted octanol–water partition coefficient (Wildman–Crippen LogP) is 0.506. The van der Waals surface area contributed by atoms with Gasteiger partial charge in [-0.3, -0.25) is 0 Å². The van der Waals surface area contributed by atoms with Crippen LogP contribution >= 0.6 is 12.2 Å². The SMILES string of the molecule is CCN(C(=S)NC1CCCO1)C1CCS(=O)(=O)C1. The van der Waals surface area contributed by atoms with Crippen LogP contribution in [0.15, 0.2) is 0 Å². The van der Waals surface area contributed by atoms with Crippen LogP contribution in [-0.4, -0.2) is 55.4 Å². The molecule has 2 heterocycles. The summed E-state index contributed by atoms with van der Waals surface area (Å²) in [5.74, 6) is 0.491. The molecule has 2 aliphatic rings. The number of nitrogens with zero attached hydrogens (tertiary/aromatic N) is 1. The second-order valence-corrected chi connectivity index (χ2v) is 7.41. The van der Waals surface area contributed by atoms with Gasteiger partial charge in [-0.1, -0.05) is 0 Å². The zero-order valence-electron chi connectivity index (χ0n) is 10.6. The third-order valence-corrected chi connectivity index (χ3v) is 5.57. The molecule has 1 N–H and O–H groups in total. The number of sulfone groups is 1. The Morgan fingerprint density at radius 2 is 2.28 bits per heavy atom. The lowest BCUT2D eigenvalue weighted by Gasteiger charge is -2.31. The normalized spacial score (nSPS) is 30.3. The van der Waals surface area contributed by atoms with Crippen molar-refractivity contribution in [3.8, 4) is 0 Å². The van der Waals surface area contributed by atoms with Crippen LogP contribution in [-0.2, 0) is 14.6 Å². The fraction of sp³-hybridized carbons (Fsp3) is 0.909. The van der Waals surface area contributed by atoms with E-state index in [0.29, 0.717) is 11.5 Å². The fourth-order valence-electron chi connectivity index (χ4n) is 2.50. The van der Waals surface area contributed by atoms with Crippen molar-refractivity contribution in [2.45, 2.75) is 38.5 Å². The Morgan fingerprint density at radius 3 is 2.78 bits per heavy atom. The molecule has 0 aliphatic carbocycles. The number of hydrogen-bond donors (Lipinski definition) is 1. The number of rotatable bonds is 3. The highest BCUT2D eigenvalue weighted by Crippen LogP contribution is 2.18. The zero-order chi connectivity index (χ0) is 13.2. The summed E-state index contributed by atoms with van der Waals surface area (Å²) in [7, 11) is -2.87. The van der Waals surface area contributed by atoms with E-state index < -0.39 is 9.84 Å². The first-order valence-corrected chi connectivity index (χ1v) is 8.64. The molecule has 0 amide bonds. The molecule has 104 valence electrons. The summed E-state index contributed by atoms with van der Waals surface area (Å²) in [5.41, 5.74) is 0. The van der Waals surface area contributed by atoms with Crippen LogP contribution in [0.5, 0.6) is 0 Å². The van der Waals surface area contributed by atoms with Crippen molar-refractivity contribution in [1.82, 2.24) is 10.2 Å². The van der Waals surface area contributed by atoms with E-state index >= 15 is 0 Å². The van der Waals surface area contributed by atoms with Gasteiger partial charge in [-0.25, -0.2) is 8.42 Å². The minimum Gasteiger partial charge on any atom is -0.359 e. The van der Waals surface area contributed by atoms with Crippen molar-refractivity contribution in [3.05, 3.63) is 0 Å². The van der Waals surface area contributed by atoms with Crippen molar-refractivity contribution in [2.24, 2.45) is 0 Å². The van der Waals surface area contributed by atoms with Crippen LogP contribution in [0.1, 0.15) is 26.2 Å². The van der Waals surface area contributed by atoms with Crippen molar-refractivity contribution >= 4 is 27.2 Å². The molecule has 0 aromatic carbocycles. The maximum Gasteiger partial charge on any atom is 0.171 e. The van der Waals surface area contributed by atoms with Crippen LogP contribution in [0.25, 0.3) is 0 Å². The van der Waals surface area contributed by atoms with E-state index in [1.165, 1.54) is 0 Å². The Balaban J connectivity index is 1.93. The highest BCUT2D eigenvalue weighted by molar-refractivity contribution is 7.91. The fourth-order valence-corrected chi connectivity index (χ4v) is 4.64. The van der Waals surface area contributed by atoms with Crippen LogP contribution < -0.4 is 5.32 Å². The van der Waals surface area contributed by atoms with Crippen LogP contribution in [0.3, 0.4) is 0 Å². The summed E-state index contributed by atoms with van der Waals surface area (Å²) in [6, 6.07) is 0.0152. The van der Waals surface area contributed by atoms with Gasteiger partial charge in [0.25, 0.3) is 0 Å². The quantitative estimate of drug-likeness (QED) is 0.765. The predicted molar refractivity (Wildman–Crippen MR) is 74.1 cm³/mol. The smallest absolute Gasteiger partial charge is 0.171 e. The number of hydrogen-bond acceptors (Lipinski definition) is 4. The first-order valence-electron chi connectivity index (χ1n) is 6.41. The van der Waals surface area contributed by atoms with Crippen molar-refractivity contribution in [1.29, 1.82) is 0 Å². The highest BCUT2D eigenvalue weighted by Gasteiger charge is 2.33. The zero-order valence-corrected chi connectivity index (χ0v) is 12.2. The number of nitrogens with one attached hydrogen (secondary N) is 1. The molecular formula is C11H20N2O3S2. The van der Waals surface area contributed by atoms with Crippen molar-refractivity contribution in [3.63, 3.8) is 0 Å². The molecule has 0 bridgehead atoms. The molecule has 0 spiro atoms. The Kier molecular flexibility index (Phi) is 4.45. The van der Waals surface area contributed by atoms with Gasteiger partial charge < -0.3 is 15.0 Å². The molecule has 18 heavy (non-hydrogen) atoms.